The smallest absolute Gasteiger partial charge is 0.405 e. The second-order valence-corrected chi connectivity index (χ2v) is 7.06. The lowest BCUT2D eigenvalue weighted by Crippen LogP contribution is -2.43. The van der Waals surface area contributed by atoms with E-state index in [1.54, 1.807) is 6.26 Å². The first-order chi connectivity index (χ1) is 12.0. The zero-order valence-electron chi connectivity index (χ0n) is 14.1. The highest BCUT2D eigenvalue weighted by Gasteiger charge is 2.38. The third kappa shape index (κ3) is 2.61. The van der Waals surface area contributed by atoms with Crippen molar-refractivity contribution in [3.63, 3.8) is 0 Å². The number of hydrogen-bond donors (Lipinski definition) is 2. The summed E-state index contributed by atoms with van der Waals surface area (Å²) in [6, 6.07) is 13.4. The van der Waals surface area contributed by atoms with Crippen molar-refractivity contribution in [3.8, 4) is 16.9 Å². The van der Waals surface area contributed by atoms with Crippen LogP contribution in [-0.4, -0.2) is 17.8 Å². The minimum absolute atomic E-state index is 0.316. The van der Waals surface area contributed by atoms with Crippen LogP contribution in [0.1, 0.15) is 25.5 Å². The van der Waals surface area contributed by atoms with Crippen molar-refractivity contribution in [2.45, 2.75) is 19.9 Å². The number of carboxylic acid groups (broad SMARTS) is 1. The van der Waals surface area contributed by atoms with Crippen LogP contribution in [0.15, 0.2) is 53.1 Å². The maximum atomic E-state index is 11.2. The van der Waals surface area contributed by atoms with Gasteiger partial charge >= 0.3 is 6.09 Å². The van der Waals surface area contributed by atoms with Crippen LogP contribution >= 0.6 is 0 Å². The van der Waals surface area contributed by atoms with E-state index in [1.807, 2.05) is 56.3 Å². The Labute approximate surface area is 145 Å². The van der Waals surface area contributed by atoms with E-state index < -0.39 is 6.09 Å². The summed E-state index contributed by atoms with van der Waals surface area (Å²) >= 11 is 0. The number of nitrogens with one attached hydrogen (secondary N) is 1. The number of carbonyl (C=O) groups is 1. The fourth-order valence-corrected chi connectivity index (χ4v) is 3.43. The molecule has 1 unspecified atom stereocenters. The summed E-state index contributed by atoms with van der Waals surface area (Å²) in [7, 11) is 0. The Balaban J connectivity index is 1.79. The number of hydrogen-bond acceptors (Lipinski definition) is 3. The Bertz CT molecular complexity index is 957. The fraction of sp³-hybridized carbons (Fsp3) is 0.250. The van der Waals surface area contributed by atoms with Gasteiger partial charge in [-0.1, -0.05) is 44.2 Å². The van der Waals surface area contributed by atoms with E-state index in [0.717, 1.165) is 27.7 Å². The van der Waals surface area contributed by atoms with E-state index in [-0.39, 0.29) is 11.5 Å². The van der Waals surface area contributed by atoms with Gasteiger partial charge in [0.05, 0.1) is 18.9 Å². The van der Waals surface area contributed by atoms with Gasteiger partial charge in [0.1, 0.15) is 11.3 Å². The molecule has 1 atom stereocenters. The van der Waals surface area contributed by atoms with E-state index in [4.69, 9.17) is 9.15 Å². The summed E-state index contributed by atoms with van der Waals surface area (Å²) in [5, 5.41) is 12.9. The first kappa shape index (κ1) is 15.6. The summed E-state index contributed by atoms with van der Waals surface area (Å²) in [4.78, 5) is 11.2. The first-order valence-corrected chi connectivity index (χ1v) is 8.18. The molecule has 5 nitrogen and oxygen atoms in total. The number of para-hydroxylation sites is 1. The SMILES string of the molecule is CC1(C)COc2cc(-c3coc4ccccc34)ccc2C1NC(=O)O. The van der Waals surface area contributed by atoms with Gasteiger partial charge in [0.2, 0.25) is 0 Å². The molecule has 0 spiro atoms. The molecule has 0 aliphatic carbocycles. The Hall–Kier alpha value is -2.95. The Morgan fingerprint density at radius 3 is 2.84 bits per heavy atom. The molecule has 3 aromatic rings. The minimum Gasteiger partial charge on any atom is -0.493 e. The normalized spacial score (nSPS) is 18.4. The Morgan fingerprint density at radius 2 is 2.04 bits per heavy atom. The predicted octanol–water partition coefficient (Wildman–Crippen LogP) is 4.83. The second-order valence-electron chi connectivity index (χ2n) is 7.06. The quantitative estimate of drug-likeness (QED) is 0.703. The molecular formula is C20H19NO4. The van der Waals surface area contributed by atoms with E-state index in [9.17, 15) is 9.90 Å². The molecule has 1 amide bonds. The average molecular weight is 337 g/mol. The molecule has 2 N–H and O–H groups in total. The molecule has 0 saturated carbocycles. The van der Waals surface area contributed by atoms with Crippen LogP contribution in [0.3, 0.4) is 0 Å². The zero-order valence-corrected chi connectivity index (χ0v) is 14.1. The highest BCUT2D eigenvalue weighted by atomic mass is 16.5. The van der Waals surface area contributed by atoms with Crippen molar-refractivity contribution in [2.75, 3.05) is 6.61 Å². The summed E-state index contributed by atoms with van der Waals surface area (Å²) in [6.07, 6.45) is 0.711. The van der Waals surface area contributed by atoms with Gasteiger partial charge in [-0.25, -0.2) is 4.79 Å². The monoisotopic (exact) mass is 337 g/mol. The maximum absolute atomic E-state index is 11.2. The number of fused-ring (bicyclic) bond motifs is 2. The van der Waals surface area contributed by atoms with Crippen LogP contribution in [0.2, 0.25) is 0 Å². The molecule has 0 bridgehead atoms. The van der Waals surface area contributed by atoms with Gasteiger partial charge in [-0.3, -0.25) is 0 Å². The minimum atomic E-state index is -1.03. The molecule has 4 rings (SSSR count). The summed E-state index contributed by atoms with van der Waals surface area (Å²) in [5.41, 5.74) is 3.35. The number of furan rings is 1. The summed E-state index contributed by atoms with van der Waals surface area (Å²) in [6.45, 7) is 4.43. The lowest BCUT2D eigenvalue weighted by atomic mass is 9.78. The van der Waals surface area contributed by atoms with Crippen LogP contribution in [0.25, 0.3) is 22.1 Å². The molecule has 2 aromatic carbocycles. The average Bonchev–Trinajstić information content (AvgIpc) is 3.01. The molecule has 1 aromatic heterocycles. The Kier molecular flexibility index (Phi) is 3.46. The van der Waals surface area contributed by atoms with Gasteiger partial charge < -0.3 is 19.6 Å². The molecular weight excluding hydrogens is 318 g/mol. The summed E-state index contributed by atoms with van der Waals surface area (Å²) in [5.74, 6) is 0.709. The van der Waals surface area contributed by atoms with Gasteiger partial charge in [0.15, 0.2) is 0 Å². The molecule has 2 heterocycles. The Morgan fingerprint density at radius 1 is 1.24 bits per heavy atom. The van der Waals surface area contributed by atoms with Crippen molar-refractivity contribution in [2.24, 2.45) is 5.41 Å². The number of ether oxygens (including phenoxy) is 1. The van der Waals surface area contributed by atoms with Crippen LogP contribution < -0.4 is 10.1 Å². The largest absolute Gasteiger partial charge is 0.493 e. The number of benzene rings is 2. The van der Waals surface area contributed by atoms with Crippen LogP contribution in [0.5, 0.6) is 5.75 Å². The zero-order chi connectivity index (χ0) is 17.6. The van der Waals surface area contributed by atoms with Gasteiger partial charge in [0, 0.05) is 21.9 Å². The van der Waals surface area contributed by atoms with Crippen molar-refractivity contribution >= 4 is 17.1 Å². The fourth-order valence-electron chi connectivity index (χ4n) is 3.43. The molecule has 1 aliphatic rings. The lowest BCUT2D eigenvalue weighted by molar-refractivity contribution is 0.0996. The van der Waals surface area contributed by atoms with Crippen LogP contribution in [-0.2, 0) is 0 Å². The van der Waals surface area contributed by atoms with E-state index in [0.29, 0.717) is 12.4 Å². The van der Waals surface area contributed by atoms with E-state index in [2.05, 4.69) is 5.32 Å². The van der Waals surface area contributed by atoms with Crippen molar-refractivity contribution in [1.82, 2.24) is 5.32 Å². The molecule has 5 heteroatoms. The first-order valence-electron chi connectivity index (χ1n) is 8.18. The molecule has 1 aliphatic heterocycles. The van der Waals surface area contributed by atoms with Gasteiger partial charge in [-0.2, -0.15) is 0 Å². The second kappa shape index (κ2) is 5.55. The number of rotatable bonds is 2. The molecule has 0 fully saturated rings. The topological polar surface area (TPSA) is 71.7 Å². The molecule has 0 saturated heterocycles. The van der Waals surface area contributed by atoms with Gasteiger partial charge in [-0.05, 0) is 17.7 Å². The maximum Gasteiger partial charge on any atom is 0.405 e. The lowest BCUT2D eigenvalue weighted by Gasteiger charge is -2.39. The molecule has 128 valence electrons. The standard InChI is InChI=1S/C20H19NO4/c1-20(2)11-25-17-9-12(7-8-14(17)18(20)21-19(22)23)15-10-24-16-6-4-3-5-13(15)16/h3-10,18,21H,11H2,1-2H3,(H,22,23). The third-order valence-electron chi connectivity index (χ3n) is 4.77. The van der Waals surface area contributed by atoms with Crippen LogP contribution in [0, 0.1) is 5.41 Å². The van der Waals surface area contributed by atoms with Crippen LogP contribution in [0.4, 0.5) is 4.79 Å². The highest BCUT2D eigenvalue weighted by Crippen LogP contribution is 2.44. The van der Waals surface area contributed by atoms with E-state index in [1.165, 1.54) is 0 Å². The van der Waals surface area contributed by atoms with Crippen molar-refractivity contribution in [1.29, 1.82) is 0 Å². The predicted molar refractivity (Wildman–Crippen MR) is 94.8 cm³/mol. The highest BCUT2D eigenvalue weighted by molar-refractivity contribution is 5.94. The van der Waals surface area contributed by atoms with Crippen molar-refractivity contribution < 1.29 is 19.1 Å². The molecule has 0 radical (unpaired) electrons. The number of amides is 1. The van der Waals surface area contributed by atoms with Crippen molar-refractivity contribution in [3.05, 3.63) is 54.3 Å². The molecule has 25 heavy (non-hydrogen) atoms. The third-order valence-corrected chi connectivity index (χ3v) is 4.77. The van der Waals surface area contributed by atoms with E-state index >= 15 is 0 Å². The summed E-state index contributed by atoms with van der Waals surface area (Å²) < 4.78 is 11.6. The van der Waals surface area contributed by atoms with Gasteiger partial charge in [-0.15, -0.1) is 0 Å². The van der Waals surface area contributed by atoms with Gasteiger partial charge in [0.25, 0.3) is 0 Å².